The van der Waals surface area contributed by atoms with Gasteiger partial charge in [0.25, 0.3) is 5.91 Å². The third-order valence-electron chi connectivity index (χ3n) is 2.86. The summed E-state index contributed by atoms with van der Waals surface area (Å²) in [5.41, 5.74) is 1.64. The quantitative estimate of drug-likeness (QED) is 0.738. The number of rotatable bonds is 7. The molecule has 0 aliphatic carbocycles. The van der Waals surface area contributed by atoms with Crippen molar-refractivity contribution in [2.75, 3.05) is 38.2 Å². The van der Waals surface area contributed by atoms with Crippen LogP contribution in [0.15, 0.2) is 18.2 Å². The van der Waals surface area contributed by atoms with Crippen LogP contribution in [-0.2, 0) is 10.0 Å². The Balaban J connectivity index is 2.70. The van der Waals surface area contributed by atoms with Crippen molar-refractivity contribution in [3.63, 3.8) is 0 Å². The highest BCUT2D eigenvalue weighted by molar-refractivity contribution is 7.92. The van der Waals surface area contributed by atoms with Gasteiger partial charge in [-0.2, -0.15) is 0 Å². The monoisotopic (exact) mass is 313 g/mol. The topological polar surface area (TPSA) is 78.5 Å². The van der Waals surface area contributed by atoms with Gasteiger partial charge in [0, 0.05) is 12.1 Å². The van der Waals surface area contributed by atoms with Gasteiger partial charge in [-0.3, -0.25) is 9.52 Å². The molecule has 0 saturated carbocycles. The van der Waals surface area contributed by atoms with E-state index in [1.165, 1.54) is 0 Å². The van der Waals surface area contributed by atoms with Crippen molar-refractivity contribution in [2.45, 2.75) is 13.3 Å². The lowest BCUT2D eigenvalue weighted by atomic mass is 10.1. The molecule has 7 heteroatoms. The number of hydrogen-bond acceptors (Lipinski definition) is 4. The van der Waals surface area contributed by atoms with E-state index in [9.17, 15) is 13.2 Å². The molecule has 0 bridgehead atoms. The summed E-state index contributed by atoms with van der Waals surface area (Å²) in [6, 6.07) is 4.96. The maximum absolute atomic E-state index is 12.0. The molecule has 6 nitrogen and oxygen atoms in total. The highest BCUT2D eigenvalue weighted by Gasteiger charge is 2.10. The smallest absolute Gasteiger partial charge is 0.251 e. The first-order chi connectivity index (χ1) is 9.69. The molecule has 0 aliphatic heterocycles. The molecule has 0 saturated heterocycles. The Morgan fingerprint density at radius 2 is 1.95 bits per heavy atom. The van der Waals surface area contributed by atoms with Crippen molar-refractivity contribution in [1.82, 2.24) is 10.2 Å². The van der Waals surface area contributed by atoms with Gasteiger partial charge in [-0.05, 0) is 51.7 Å². The Bertz CT molecular complexity index is 597. The van der Waals surface area contributed by atoms with E-state index in [0.717, 1.165) is 24.8 Å². The number of carbonyl (C=O) groups is 1. The van der Waals surface area contributed by atoms with Crippen molar-refractivity contribution < 1.29 is 13.2 Å². The van der Waals surface area contributed by atoms with Crippen LogP contribution in [0.25, 0.3) is 0 Å². The normalized spacial score (nSPS) is 11.5. The lowest BCUT2D eigenvalue weighted by Crippen LogP contribution is -2.27. The van der Waals surface area contributed by atoms with Crippen LogP contribution in [-0.4, -0.2) is 52.7 Å². The second-order valence-corrected chi connectivity index (χ2v) is 7.07. The Morgan fingerprint density at radius 1 is 1.29 bits per heavy atom. The highest BCUT2D eigenvalue weighted by atomic mass is 32.2. The largest absolute Gasteiger partial charge is 0.352 e. The molecule has 0 unspecified atom stereocenters. The Hall–Kier alpha value is -1.60. The molecule has 1 rings (SSSR count). The van der Waals surface area contributed by atoms with Crippen LogP contribution >= 0.6 is 0 Å². The average molecular weight is 313 g/mol. The summed E-state index contributed by atoms with van der Waals surface area (Å²) in [5, 5.41) is 2.82. The van der Waals surface area contributed by atoms with Crippen molar-refractivity contribution in [3.05, 3.63) is 29.3 Å². The molecule has 21 heavy (non-hydrogen) atoms. The first-order valence-electron chi connectivity index (χ1n) is 6.70. The summed E-state index contributed by atoms with van der Waals surface area (Å²) in [5.74, 6) is -0.203. The van der Waals surface area contributed by atoms with Crippen molar-refractivity contribution in [1.29, 1.82) is 0 Å². The van der Waals surface area contributed by atoms with Crippen molar-refractivity contribution >= 4 is 21.6 Å². The maximum atomic E-state index is 12.0. The summed E-state index contributed by atoms with van der Waals surface area (Å²) in [7, 11) is 0.594. The van der Waals surface area contributed by atoms with Gasteiger partial charge < -0.3 is 10.2 Å². The predicted molar refractivity (Wildman–Crippen MR) is 85.1 cm³/mol. The van der Waals surface area contributed by atoms with E-state index in [4.69, 9.17) is 0 Å². The number of nitrogens with one attached hydrogen (secondary N) is 2. The lowest BCUT2D eigenvalue weighted by molar-refractivity contribution is 0.0952. The third kappa shape index (κ3) is 6.59. The number of carbonyl (C=O) groups excluding carboxylic acids is 1. The molecule has 1 amide bonds. The zero-order valence-corrected chi connectivity index (χ0v) is 13.8. The van der Waals surface area contributed by atoms with Crippen molar-refractivity contribution in [2.24, 2.45) is 0 Å². The predicted octanol–water partition coefficient (Wildman–Crippen LogP) is 1.05. The fourth-order valence-corrected chi connectivity index (χ4v) is 2.39. The standard InChI is InChI=1S/C14H23N3O3S/c1-11-6-7-12(10-13(11)16-21(4,19)20)14(18)15-8-5-9-17(2)3/h6-7,10,16H,5,8-9H2,1-4H3,(H,15,18). The van der Waals surface area contributed by atoms with Crippen molar-refractivity contribution in [3.8, 4) is 0 Å². The minimum Gasteiger partial charge on any atom is -0.352 e. The Kier molecular flexibility index (Phi) is 6.17. The van der Waals surface area contributed by atoms with Gasteiger partial charge >= 0.3 is 0 Å². The van der Waals surface area contributed by atoms with Gasteiger partial charge in [0.1, 0.15) is 0 Å². The molecular formula is C14H23N3O3S. The van der Waals surface area contributed by atoms with E-state index < -0.39 is 10.0 Å². The number of amides is 1. The number of benzene rings is 1. The van der Waals surface area contributed by atoms with Crippen LogP contribution < -0.4 is 10.0 Å². The average Bonchev–Trinajstić information content (AvgIpc) is 2.35. The fourth-order valence-electron chi connectivity index (χ4n) is 1.77. The summed E-state index contributed by atoms with van der Waals surface area (Å²) < 4.78 is 25.0. The molecule has 2 N–H and O–H groups in total. The van der Waals surface area contributed by atoms with E-state index >= 15 is 0 Å². The molecule has 0 fully saturated rings. The molecule has 118 valence electrons. The van der Waals surface area contributed by atoms with Gasteiger partial charge in [-0.25, -0.2) is 8.42 Å². The first-order valence-corrected chi connectivity index (χ1v) is 8.59. The zero-order valence-electron chi connectivity index (χ0n) is 12.9. The number of nitrogens with zero attached hydrogens (tertiary/aromatic N) is 1. The number of hydrogen-bond donors (Lipinski definition) is 2. The SMILES string of the molecule is Cc1ccc(C(=O)NCCCN(C)C)cc1NS(C)(=O)=O. The van der Waals surface area contributed by atoms with Gasteiger partial charge in [0.15, 0.2) is 0 Å². The zero-order chi connectivity index (χ0) is 16.0. The molecular weight excluding hydrogens is 290 g/mol. The van der Waals surface area contributed by atoms with E-state index in [1.54, 1.807) is 25.1 Å². The first kappa shape index (κ1) is 17.5. The summed E-state index contributed by atoms with van der Waals surface area (Å²) in [6.07, 6.45) is 1.94. The number of aryl methyl sites for hydroxylation is 1. The summed E-state index contributed by atoms with van der Waals surface area (Å²) in [4.78, 5) is 14.1. The number of anilines is 1. The van der Waals surface area contributed by atoms with E-state index in [1.807, 2.05) is 19.0 Å². The molecule has 1 aromatic carbocycles. The Morgan fingerprint density at radius 3 is 2.52 bits per heavy atom. The molecule has 0 aromatic heterocycles. The lowest BCUT2D eigenvalue weighted by Gasteiger charge is -2.12. The molecule has 0 heterocycles. The van der Waals surface area contributed by atoms with E-state index in [0.29, 0.717) is 17.8 Å². The second kappa shape index (κ2) is 7.42. The van der Waals surface area contributed by atoms with Crippen LogP contribution in [0.4, 0.5) is 5.69 Å². The minimum absolute atomic E-state index is 0.203. The van der Waals surface area contributed by atoms with Crippen LogP contribution in [0.2, 0.25) is 0 Å². The van der Waals surface area contributed by atoms with Crippen LogP contribution in [0.1, 0.15) is 22.3 Å². The third-order valence-corrected chi connectivity index (χ3v) is 3.45. The molecule has 0 atom stereocenters. The molecule has 1 aromatic rings. The number of sulfonamides is 1. The van der Waals surface area contributed by atoms with Gasteiger partial charge in [0.05, 0.1) is 11.9 Å². The molecule has 0 spiro atoms. The Labute approximate surface area is 126 Å². The summed E-state index contributed by atoms with van der Waals surface area (Å²) >= 11 is 0. The van der Waals surface area contributed by atoms with Gasteiger partial charge in [-0.1, -0.05) is 6.07 Å². The molecule has 0 aliphatic rings. The van der Waals surface area contributed by atoms with Gasteiger partial charge in [0.2, 0.25) is 10.0 Å². The van der Waals surface area contributed by atoms with Crippen LogP contribution in [0, 0.1) is 6.92 Å². The molecule has 0 radical (unpaired) electrons. The maximum Gasteiger partial charge on any atom is 0.251 e. The van der Waals surface area contributed by atoms with Crippen LogP contribution in [0.3, 0.4) is 0 Å². The second-order valence-electron chi connectivity index (χ2n) is 5.32. The fraction of sp³-hybridized carbons (Fsp3) is 0.500. The van der Waals surface area contributed by atoms with E-state index in [-0.39, 0.29) is 5.91 Å². The minimum atomic E-state index is -3.36. The van der Waals surface area contributed by atoms with Gasteiger partial charge in [-0.15, -0.1) is 0 Å². The highest BCUT2D eigenvalue weighted by Crippen LogP contribution is 2.18. The summed E-state index contributed by atoms with van der Waals surface area (Å²) in [6.45, 7) is 3.26. The van der Waals surface area contributed by atoms with Crippen LogP contribution in [0.5, 0.6) is 0 Å². The van der Waals surface area contributed by atoms with E-state index in [2.05, 4.69) is 10.0 Å².